The maximum atomic E-state index is 5.66. The predicted molar refractivity (Wildman–Crippen MR) is 48.5 cm³/mol. The SMILES string of the molecule is CCC(C)(CN)OCC(C)C. The van der Waals surface area contributed by atoms with Gasteiger partial charge in [0.15, 0.2) is 0 Å². The highest BCUT2D eigenvalue weighted by Crippen LogP contribution is 2.14. The summed E-state index contributed by atoms with van der Waals surface area (Å²) in [5.74, 6) is 0.590. The molecule has 68 valence electrons. The average molecular weight is 159 g/mol. The van der Waals surface area contributed by atoms with Crippen molar-refractivity contribution in [2.45, 2.75) is 39.7 Å². The van der Waals surface area contributed by atoms with Gasteiger partial charge in [-0.3, -0.25) is 0 Å². The minimum atomic E-state index is -0.107. The van der Waals surface area contributed by atoms with Crippen LogP contribution in [0, 0.1) is 5.92 Å². The molecule has 0 rings (SSSR count). The number of rotatable bonds is 5. The Morgan fingerprint density at radius 2 is 2.00 bits per heavy atom. The van der Waals surface area contributed by atoms with Gasteiger partial charge in [0.25, 0.3) is 0 Å². The van der Waals surface area contributed by atoms with Gasteiger partial charge < -0.3 is 10.5 Å². The highest BCUT2D eigenvalue weighted by molar-refractivity contribution is 4.73. The van der Waals surface area contributed by atoms with E-state index in [1.807, 2.05) is 0 Å². The molecule has 2 heteroatoms. The van der Waals surface area contributed by atoms with E-state index in [9.17, 15) is 0 Å². The molecule has 0 bridgehead atoms. The summed E-state index contributed by atoms with van der Waals surface area (Å²) in [6.07, 6.45) is 0.982. The Hall–Kier alpha value is -0.0800. The first-order valence-corrected chi connectivity index (χ1v) is 4.38. The molecule has 0 aromatic carbocycles. The molecule has 0 saturated carbocycles. The fourth-order valence-electron chi connectivity index (χ4n) is 0.673. The Labute approximate surface area is 70.1 Å². The molecular formula is C9H21NO. The fraction of sp³-hybridized carbons (Fsp3) is 1.00. The molecule has 0 radical (unpaired) electrons. The van der Waals surface area contributed by atoms with Crippen molar-refractivity contribution >= 4 is 0 Å². The second-order valence-electron chi connectivity index (χ2n) is 3.71. The third-order valence-electron chi connectivity index (χ3n) is 1.94. The minimum absolute atomic E-state index is 0.107. The molecule has 0 heterocycles. The standard InChI is InChI=1S/C9H21NO/c1-5-9(4,7-10)11-6-8(2)3/h8H,5-7,10H2,1-4H3. The molecule has 11 heavy (non-hydrogen) atoms. The van der Waals surface area contributed by atoms with Gasteiger partial charge in [-0.25, -0.2) is 0 Å². The van der Waals surface area contributed by atoms with Gasteiger partial charge in [-0.05, 0) is 19.3 Å². The molecule has 1 atom stereocenters. The zero-order chi connectivity index (χ0) is 8.91. The molecule has 1 unspecified atom stereocenters. The maximum absolute atomic E-state index is 5.66. The van der Waals surface area contributed by atoms with E-state index in [4.69, 9.17) is 10.5 Å². The monoisotopic (exact) mass is 159 g/mol. The highest BCUT2D eigenvalue weighted by atomic mass is 16.5. The molecule has 0 saturated heterocycles. The van der Waals surface area contributed by atoms with Crippen molar-refractivity contribution in [3.05, 3.63) is 0 Å². The van der Waals surface area contributed by atoms with Crippen LogP contribution in [0.1, 0.15) is 34.1 Å². The molecule has 0 aliphatic carbocycles. The van der Waals surface area contributed by atoms with Gasteiger partial charge in [-0.2, -0.15) is 0 Å². The summed E-state index contributed by atoms with van der Waals surface area (Å²) < 4.78 is 5.66. The molecule has 2 N–H and O–H groups in total. The van der Waals surface area contributed by atoms with E-state index in [2.05, 4.69) is 27.7 Å². The summed E-state index contributed by atoms with van der Waals surface area (Å²) in [6, 6.07) is 0. The van der Waals surface area contributed by atoms with Crippen LogP contribution in [0.2, 0.25) is 0 Å². The molecular weight excluding hydrogens is 138 g/mol. The topological polar surface area (TPSA) is 35.2 Å². The van der Waals surface area contributed by atoms with Crippen molar-refractivity contribution in [3.8, 4) is 0 Å². The minimum Gasteiger partial charge on any atom is -0.374 e. The van der Waals surface area contributed by atoms with E-state index in [0.717, 1.165) is 13.0 Å². The zero-order valence-corrected chi connectivity index (χ0v) is 8.18. The Kier molecular flexibility index (Phi) is 4.69. The molecule has 0 aliphatic heterocycles. The van der Waals surface area contributed by atoms with Crippen LogP contribution >= 0.6 is 0 Å². The number of hydrogen-bond acceptors (Lipinski definition) is 2. The number of hydrogen-bond donors (Lipinski definition) is 1. The van der Waals surface area contributed by atoms with Gasteiger partial charge in [0.05, 0.1) is 5.60 Å². The summed E-state index contributed by atoms with van der Waals surface area (Å²) in [5.41, 5.74) is 5.47. The van der Waals surface area contributed by atoms with E-state index in [-0.39, 0.29) is 5.60 Å². The fourth-order valence-corrected chi connectivity index (χ4v) is 0.673. The van der Waals surface area contributed by atoms with Crippen molar-refractivity contribution in [1.29, 1.82) is 0 Å². The van der Waals surface area contributed by atoms with Crippen molar-refractivity contribution < 1.29 is 4.74 Å². The largest absolute Gasteiger partial charge is 0.374 e. The first kappa shape index (κ1) is 10.9. The molecule has 0 fully saturated rings. The highest BCUT2D eigenvalue weighted by Gasteiger charge is 2.20. The van der Waals surface area contributed by atoms with Crippen LogP contribution in [0.15, 0.2) is 0 Å². The van der Waals surface area contributed by atoms with Gasteiger partial charge in [-0.15, -0.1) is 0 Å². The molecule has 0 aromatic rings. The van der Waals surface area contributed by atoms with Crippen LogP contribution in [-0.4, -0.2) is 18.8 Å². The molecule has 0 aliphatic rings. The van der Waals surface area contributed by atoms with E-state index >= 15 is 0 Å². The first-order valence-electron chi connectivity index (χ1n) is 4.38. The lowest BCUT2D eigenvalue weighted by Crippen LogP contribution is -2.37. The summed E-state index contributed by atoms with van der Waals surface area (Å²) in [6.45, 7) is 9.87. The van der Waals surface area contributed by atoms with Crippen LogP contribution in [0.4, 0.5) is 0 Å². The Bertz CT molecular complexity index is 97.7. The Morgan fingerprint density at radius 1 is 1.45 bits per heavy atom. The first-order chi connectivity index (χ1) is 5.04. The molecule has 0 amide bonds. The van der Waals surface area contributed by atoms with Gasteiger partial charge in [0, 0.05) is 13.2 Å². The molecule has 0 aromatic heterocycles. The summed E-state index contributed by atoms with van der Waals surface area (Å²) in [4.78, 5) is 0. The second-order valence-corrected chi connectivity index (χ2v) is 3.71. The van der Waals surface area contributed by atoms with E-state index in [1.54, 1.807) is 0 Å². The van der Waals surface area contributed by atoms with Crippen LogP contribution < -0.4 is 5.73 Å². The summed E-state index contributed by atoms with van der Waals surface area (Å²) in [7, 11) is 0. The van der Waals surface area contributed by atoms with Gasteiger partial charge >= 0.3 is 0 Å². The van der Waals surface area contributed by atoms with Gasteiger partial charge in [0.1, 0.15) is 0 Å². The lowest BCUT2D eigenvalue weighted by molar-refractivity contribution is -0.0396. The van der Waals surface area contributed by atoms with E-state index < -0.39 is 0 Å². The van der Waals surface area contributed by atoms with Crippen LogP contribution in [0.3, 0.4) is 0 Å². The van der Waals surface area contributed by atoms with Gasteiger partial charge in [-0.1, -0.05) is 20.8 Å². The predicted octanol–water partition coefficient (Wildman–Crippen LogP) is 1.79. The third-order valence-corrected chi connectivity index (χ3v) is 1.94. The summed E-state index contributed by atoms with van der Waals surface area (Å²) in [5, 5.41) is 0. The van der Waals surface area contributed by atoms with E-state index in [1.165, 1.54) is 0 Å². The third kappa shape index (κ3) is 4.38. The second kappa shape index (κ2) is 4.73. The average Bonchev–Trinajstić information content (AvgIpc) is 2.00. The Balaban J connectivity index is 3.69. The zero-order valence-electron chi connectivity index (χ0n) is 8.18. The summed E-state index contributed by atoms with van der Waals surface area (Å²) >= 11 is 0. The smallest absolute Gasteiger partial charge is 0.0773 e. The van der Waals surface area contributed by atoms with Crippen molar-refractivity contribution in [3.63, 3.8) is 0 Å². The van der Waals surface area contributed by atoms with Crippen molar-refractivity contribution in [2.75, 3.05) is 13.2 Å². The lowest BCUT2D eigenvalue weighted by Gasteiger charge is -2.27. The Morgan fingerprint density at radius 3 is 2.27 bits per heavy atom. The lowest BCUT2D eigenvalue weighted by atomic mass is 10.0. The van der Waals surface area contributed by atoms with Crippen LogP contribution in [-0.2, 0) is 4.74 Å². The normalized spacial score (nSPS) is 16.9. The van der Waals surface area contributed by atoms with Gasteiger partial charge in [0.2, 0.25) is 0 Å². The van der Waals surface area contributed by atoms with Crippen LogP contribution in [0.25, 0.3) is 0 Å². The van der Waals surface area contributed by atoms with Crippen molar-refractivity contribution in [1.82, 2.24) is 0 Å². The number of ether oxygens (including phenoxy) is 1. The van der Waals surface area contributed by atoms with Crippen LogP contribution in [0.5, 0.6) is 0 Å². The quantitative estimate of drug-likeness (QED) is 0.663. The molecule has 0 spiro atoms. The molecule has 2 nitrogen and oxygen atoms in total. The number of nitrogens with two attached hydrogens (primary N) is 1. The van der Waals surface area contributed by atoms with E-state index in [0.29, 0.717) is 12.5 Å². The maximum Gasteiger partial charge on any atom is 0.0773 e. The van der Waals surface area contributed by atoms with Crippen molar-refractivity contribution in [2.24, 2.45) is 11.7 Å².